The molecule has 0 unspecified atom stereocenters. The van der Waals surface area contributed by atoms with Crippen LogP contribution >= 0.6 is 0 Å². The minimum atomic E-state index is -3.02. The second kappa shape index (κ2) is 8.51. The number of halogens is 2. The summed E-state index contributed by atoms with van der Waals surface area (Å²) in [5, 5.41) is 2.66. The van der Waals surface area contributed by atoms with Crippen molar-refractivity contribution in [3.8, 4) is 11.5 Å². The third-order valence-electron chi connectivity index (χ3n) is 4.15. The fourth-order valence-electron chi connectivity index (χ4n) is 2.70. The molecule has 3 rings (SSSR count). The molecule has 0 spiro atoms. The van der Waals surface area contributed by atoms with Crippen LogP contribution in [0.1, 0.15) is 12.0 Å². The lowest BCUT2D eigenvalue weighted by Crippen LogP contribution is -2.43. The Morgan fingerprint density at radius 1 is 1.21 bits per heavy atom. The van der Waals surface area contributed by atoms with Gasteiger partial charge in [-0.1, -0.05) is 12.1 Å². The highest BCUT2D eigenvalue weighted by atomic mass is 19.3. The molecule has 0 aliphatic carbocycles. The van der Waals surface area contributed by atoms with E-state index in [1.807, 2.05) is 0 Å². The predicted octanol–water partition coefficient (Wildman–Crippen LogP) is 3.69. The first-order chi connectivity index (χ1) is 13.5. The topological polar surface area (TPSA) is 67.9 Å². The summed E-state index contributed by atoms with van der Waals surface area (Å²) < 4.78 is 34.8. The number of hydrogen-bond acceptors (Lipinski definition) is 4. The highest BCUT2D eigenvalue weighted by Gasteiger charge is 2.24. The molecule has 2 amide bonds. The summed E-state index contributed by atoms with van der Waals surface area (Å²) in [4.78, 5) is 25.2. The van der Waals surface area contributed by atoms with Crippen molar-refractivity contribution in [3.63, 3.8) is 0 Å². The number of anilines is 2. The van der Waals surface area contributed by atoms with Gasteiger partial charge in [-0.15, -0.1) is 0 Å². The Morgan fingerprint density at radius 2 is 1.96 bits per heavy atom. The Kier molecular flexibility index (Phi) is 5.88. The summed E-state index contributed by atoms with van der Waals surface area (Å²) in [6.45, 7) is -2.33. The van der Waals surface area contributed by atoms with E-state index in [0.29, 0.717) is 18.7 Å². The number of nitrogens with one attached hydrogen (secondary N) is 1. The van der Waals surface area contributed by atoms with E-state index < -0.39 is 12.5 Å². The number of rotatable bonds is 7. The van der Waals surface area contributed by atoms with Crippen molar-refractivity contribution in [1.82, 2.24) is 0 Å². The zero-order valence-corrected chi connectivity index (χ0v) is 15.0. The van der Waals surface area contributed by atoms with Crippen molar-refractivity contribution in [2.75, 3.05) is 23.9 Å². The molecule has 0 radical (unpaired) electrons. The molecule has 8 heteroatoms. The molecule has 0 aromatic heterocycles. The zero-order valence-electron chi connectivity index (χ0n) is 15.0. The van der Waals surface area contributed by atoms with E-state index in [9.17, 15) is 18.4 Å². The van der Waals surface area contributed by atoms with Gasteiger partial charge in [0.25, 0.3) is 0 Å². The molecule has 1 aliphatic heterocycles. The average Bonchev–Trinajstić information content (AvgIpc) is 2.67. The fourth-order valence-corrected chi connectivity index (χ4v) is 2.70. The first kappa shape index (κ1) is 19.3. The van der Waals surface area contributed by atoms with Crippen LogP contribution in [0.15, 0.2) is 48.5 Å². The molecule has 2 aromatic carbocycles. The summed E-state index contributed by atoms with van der Waals surface area (Å²) >= 11 is 0. The van der Waals surface area contributed by atoms with E-state index in [0.717, 1.165) is 5.69 Å². The Labute approximate surface area is 160 Å². The van der Waals surface area contributed by atoms with Gasteiger partial charge in [0, 0.05) is 36.0 Å². The summed E-state index contributed by atoms with van der Waals surface area (Å²) in [5.74, 6) is -0.384. The molecule has 1 saturated heterocycles. The molecule has 0 atom stereocenters. The number of carbonyl (C=O) groups excluding carboxylic acids is 2. The number of hydrogen-bond donors (Lipinski definition) is 1. The number of ether oxygens (including phenoxy) is 2. The van der Waals surface area contributed by atoms with Gasteiger partial charge in [0.2, 0.25) is 11.8 Å². The van der Waals surface area contributed by atoms with Crippen LogP contribution in [-0.4, -0.2) is 32.1 Å². The lowest BCUT2D eigenvalue weighted by atomic mass is 10.1. The Balaban J connectivity index is 1.67. The van der Waals surface area contributed by atoms with E-state index in [4.69, 9.17) is 4.74 Å². The van der Waals surface area contributed by atoms with Gasteiger partial charge >= 0.3 is 6.61 Å². The van der Waals surface area contributed by atoms with Crippen LogP contribution in [0.3, 0.4) is 0 Å². The van der Waals surface area contributed by atoms with E-state index in [1.165, 1.54) is 31.4 Å². The second-order valence-electron chi connectivity index (χ2n) is 5.92. The Morgan fingerprint density at radius 3 is 2.54 bits per heavy atom. The molecular formula is C20H18F2N2O4. The Hall–Kier alpha value is -3.42. The summed E-state index contributed by atoms with van der Waals surface area (Å²) in [7, 11) is 1.34. The number of benzene rings is 2. The highest BCUT2D eigenvalue weighted by Crippen LogP contribution is 2.33. The first-order valence-corrected chi connectivity index (χ1v) is 8.49. The molecule has 2 aromatic rings. The van der Waals surface area contributed by atoms with Gasteiger partial charge in [0.05, 0.1) is 7.11 Å². The van der Waals surface area contributed by atoms with Gasteiger partial charge in [-0.25, -0.2) is 0 Å². The lowest BCUT2D eigenvalue weighted by Gasteiger charge is -2.30. The average molecular weight is 388 g/mol. The number of amides is 2. The lowest BCUT2D eigenvalue weighted by molar-refractivity contribution is -0.122. The van der Waals surface area contributed by atoms with Crippen LogP contribution in [-0.2, 0) is 9.59 Å². The maximum absolute atomic E-state index is 12.6. The van der Waals surface area contributed by atoms with Crippen LogP contribution in [0.5, 0.6) is 11.5 Å². The molecule has 1 aliphatic rings. The van der Waals surface area contributed by atoms with Crippen LogP contribution in [0.4, 0.5) is 20.2 Å². The van der Waals surface area contributed by atoms with Gasteiger partial charge in [-0.05, 0) is 36.4 Å². The van der Waals surface area contributed by atoms with Gasteiger partial charge in [0.1, 0.15) is 0 Å². The zero-order chi connectivity index (χ0) is 20.1. The molecule has 1 fully saturated rings. The minimum Gasteiger partial charge on any atom is -0.493 e. The number of nitrogens with zero attached hydrogens (tertiary/aromatic N) is 1. The Bertz CT molecular complexity index is 898. The van der Waals surface area contributed by atoms with Gasteiger partial charge < -0.3 is 19.7 Å². The van der Waals surface area contributed by atoms with E-state index in [2.05, 4.69) is 10.1 Å². The molecule has 1 N–H and O–H groups in total. The molecular weight excluding hydrogens is 370 g/mol. The van der Waals surface area contributed by atoms with Crippen LogP contribution in [0.25, 0.3) is 6.08 Å². The summed E-state index contributed by atoms with van der Waals surface area (Å²) in [6.07, 6.45) is 3.12. The maximum atomic E-state index is 12.6. The van der Waals surface area contributed by atoms with Crippen molar-refractivity contribution in [2.24, 2.45) is 0 Å². The number of β-lactam (4-membered cyclic amide) rings is 1. The van der Waals surface area contributed by atoms with Crippen molar-refractivity contribution in [3.05, 3.63) is 54.1 Å². The van der Waals surface area contributed by atoms with Gasteiger partial charge in [-0.2, -0.15) is 8.78 Å². The minimum absolute atomic E-state index is 0.0693. The maximum Gasteiger partial charge on any atom is 0.387 e. The largest absolute Gasteiger partial charge is 0.493 e. The third kappa shape index (κ3) is 4.46. The van der Waals surface area contributed by atoms with Gasteiger partial charge in [0.15, 0.2) is 11.5 Å². The molecule has 1 heterocycles. The standard InChI is InChI=1S/C20H18F2N2O4/c1-27-16-4-2-3-13(19(16)28-20(21)22)5-10-17(25)23-14-6-8-15(9-7-14)24-12-11-18(24)26/h2-10,20H,11-12H2,1H3,(H,23,25)/b10-5+. The quantitative estimate of drug-likeness (QED) is 0.580. The second-order valence-corrected chi connectivity index (χ2v) is 5.92. The monoisotopic (exact) mass is 388 g/mol. The van der Waals surface area contributed by atoms with E-state index in [-0.39, 0.29) is 23.0 Å². The van der Waals surface area contributed by atoms with Crippen LogP contribution in [0.2, 0.25) is 0 Å². The smallest absolute Gasteiger partial charge is 0.387 e. The molecule has 6 nitrogen and oxygen atoms in total. The molecule has 0 bridgehead atoms. The summed E-state index contributed by atoms with van der Waals surface area (Å²) in [5.41, 5.74) is 1.59. The van der Waals surface area contributed by atoms with Crippen molar-refractivity contribution in [2.45, 2.75) is 13.0 Å². The number of carbonyl (C=O) groups is 2. The molecule has 28 heavy (non-hydrogen) atoms. The number of para-hydroxylation sites is 1. The number of methoxy groups -OCH3 is 1. The van der Waals surface area contributed by atoms with Crippen LogP contribution < -0.4 is 19.7 Å². The van der Waals surface area contributed by atoms with E-state index >= 15 is 0 Å². The first-order valence-electron chi connectivity index (χ1n) is 8.49. The molecule has 146 valence electrons. The van der Waals surface area contributed by atoms with Crippen LogP contribution in [0, 0.1) is 0 Å². The third-order valence-corrected chi connectivity index (χ3v) is 4.15. The van der Waals surface area contributed by atoms with Gasteiger partial charge in [-0.3, -0.25) is 9.59 Å². The van der Waals surface area contributed by atoms with Crippen molar-refractivity contribution >= 4 is 29.3 Å². The fraction of sp³-hybridized carbons (Fsp3) is 0.200. The number of alkyl halides is 2. The van der Waals surface area contributed by atoms with Crippen molar-refractivity contribution < 1.29 is 27.8 Å². The van der Waals surface area contributed by atoms with E-state index in [1.54, 1.807) is 35.2 Å². The normalized spacial score (nSPS) is 13.6. The summed E-state index contributed by atoms with van der Waals surface area (Å²) in [6, 6.07) is 11.5. The van der Waals surface area contributed by atoms with Crippen molar-refractivity contribution in [1.29, 1.82) is 0 Å². The highest BCUT2D eigenvalue weighted by molar-refractivity contribution is 6.03. The molecule has 0 saturated carbocycles. The predicted molar refractivity (Wildman–Crippen MR) is 101 cm³/mol. The SMILES string of the molecule is COc1cccc(/C=C/C(=O)Nc2ccc(N3CCC3=O)cc2)c1OC(F)F.